The lowest BCUT2D eigenvalue weighted by Gasteiger charge is -2.23. The van der Waals surface area contributed by atoms with Crippen molar-refractivity contribution in [1.82, 2.24) is 4.90 Å². The predicted molar refractivity (Wildman–Crippen MR) is 63.3 cm³/mol. The Bertz CT molecular complexity index is 385. The zero-order valence-corrected chi connectivity index (χ0v) is 10.1. The molecule has 3 N–H and O–H groups in total. The molecule has 1 fully saturated rings. The second-order valence-electron chi connectivity index (χ2n) is 4.20. The fourth-order valence-corrected chi connectivity index (χ4v) is 2.60. The third kappa shape index (κ3) is 2.65. The summed E-state index contributed by atoms with van der Waals surface area (Å²) in [7, 11) is 0. The van der Waals surface area contributed by atoms with Crippen LogP contribution in [0.5, 0.6) is 0 Å². The van der Waals surface area contributed by atoms with Gasteiger partial charge in [-0.1, -0.05) is 0 Å². The average Bonchev–Trinajstić information content (AvgIpc) is 2.96. The Morgan fingerprint density at radius 3 is 3.00 bits per heavy atom. The van der Waals surface area contributed by atoms with Gasteiger partial charge in [-0.2, -0.15) is 11.3 Å². The maximum atomic E-state index is 13.0. The van der Waals surface area contributed by atoms with Crippen LogP contribution in [0.15, 0.2) is 16.8 Å². The monoisotopic (exact) mass is 258 g/mol. The van der Waals surface area contributed by atoms with Gasteiger partial charge in [-0.3, -0.25) is 4.79 Å². The van der Waals surface area contributed by atoms with Gasteiger partial charge in [-0.25, -0.2) is 4.39 Å². The summed E-state index contributed by atoms with van der Waals surface area (Å²) in [5, 5.41) is 13.5. The van der Waals surface area contributed by atoms with Crippen LogP contribution < -0.4 is 5.73 Å². The van der Waals surface area contributed by atoms with E-state index in [1.165, 1.54) is 16.2 Å². The smallest absolute Gasteiger partial charge is 0.242 e. The molecule has 6 heteroatoms. The van der Waals surface area contributed by atoms with Crippen molar-refractivity contribution in [3.63, 3.8) is 0 Å². The third-order valence-electron chi connectivity index (χ3n) is 2.95. The number of aliphatic hydroxyl groups is 1. The Hall–Kier alpha value is -0.980. The molecule has 2 rings (SSSR count). The molecule has 1 aromatic rings. The number of nitrogens with zero attached hydrogens (tertiary/aromatic N) is 1. The molecule has 1 aliphatic heterocycles. The van der Waals surface area contributed by atoms with Crippen LogP contribution in [-0.2, 0) is 4.79 Å². The Morgan fingerprint density at radius 2 is 2.47 bits per heavy atom. The van der Waals surface area contributed by atoms with Gasteiger partial charge in [-0.05, 0) is 28.8 Å². The molecule has 1 amide bonds. The van der Waals surface area contributed by atoms with E-state index in [4.69, 9.17) is 5.73 Å². The van der Waals surface area contributed by atoms with Crippen molar-refractivity contribution in [3.8, 4) is 0 Å². The fraction of sp³-hybridized carbons (Fsp3) is 0.545. The molecule has 0 bridgehead atoms. The molecule has 2 heterocycles. The number of carbonyl (C=O) groups is 1. The summed E-state index contributed by atoms with van der Waals surface area (Å²) in [6.45, 7) is 0.465. The number of aliphatic hydroxyl groups excluding tert-OH is 1. The van der Waals surface area contributed by atoms with E-state index in [0.717, 1.165) is 0 Å². The van der Waals surface area contributed by atoms with E-state index in [0.29, 0.717) is 18.5 Å². The minimum absolute atomic E-state index is 0.0862. The van der Waals surface area contributed by atoms with Crippen molar-refractivity contribution in [3.05, 3.63) is 22.4 Å². The van der Waals surface area contributed by atoms with Gasteiger partial charge in [0.25, 0.3) is 0 Å². The van der Waals surface area contributed by atoms with Crippen LogP contribution in [0.2, 0.25) is 0 Å². The van der Waals surface area contributed by atoms with Gasteiger partial charge in [0, 0.05) is 6.54 Å². The second-order valence-corrected chi connectivity index (χ2v) is 4.98. The van der Waals surface area contributed by atoms with Crippen molar-refractivity contribution in [2.45, 2.75) is 24.7 Å². The van der Waals surface area contributed by atoms with Crippen molar-refractivity contribution >= 4 is 17.2 Å². The third-order valence-corrected chi connectivity index (χ3v) is 3.65. The highest BCUT2D eigenvalue weighted by molar-refractivity contribution is 7.07. The molecule has 1 aromatic heterocycles. The Labute approximate surface area is 103 Å². The molecule has 0 aromatic carbocycles. The number of alkyl halides is 1. The van der Waals surface area contributed by atoms with Gasteiger partial charge in [0.05, 0.1) is 6.54 Å². The van der Waals surface area contributed by atoms with Crippen molar-refractivity contribution in [2.75, 3.05) is 13.1 Å². The molecule has 4 nitrogen and oxygen atoms in total. The highest BCUT2D eigenvalue weighted by atomic mass is 32.1. The molecular weight excluding hydrogens is 243 g/mol. The first-order chi connectivity index (χ1) is 8.09. The lowest BCUT2D eigenvalue weighted by molar-refractivity contribution is -0.134. The maximum absolute atomic E-state index is 13.0. The molecule has 0 saturated carbocycles. The van der Waals surface area contributed by atoms with Gasteiger partial charge in [-0.15, -0.1) is 0 Å². The Balaban J connectivity index is 2.00. The molecule has 94 valence electrons. The zero-order chi connectivity index (χ0) is 12.4. The SMILES string of the molecule is N[C@H](C(=O)N1CC[C@H](F)C1)[C@H](O)c1ccsc1. The average molecular weight is 258 g/mol. The van der Waals surface area contributed by atoms with E-state index in [-0.39, 0.29) is 12.5 Å². The first-order valence-corrected chi connectivity index (χ1v) is 6.42. The van der Waals surface area contributed by atoms with Crippen LogP contribution in [0, 0.1) is 0 Å². The van der Waals surface area contributed by atoms with Crippen molar-refractivity contribution in [2.24, 2.45) is 5.73 Å². The number of carbonyl (C=O) groups excluding carboxylic acids is 1. The highest BCUT2D eigenvalue weighted by Gasteiger charge is 2.32. The highest BCUT2D eigenvalue weighted by Crippen LogP contribution is 2.21. The molecule has 1 aliphatic rings. The van der Waals surface area contributed by atoms with Gasteiger partial charge in [0.1, 0.15) is 18.3 Å². The van der Waals surface area contributed by atoms with Crippen LogP contribution >= 0.6 is 11.3 Å². The van der Waals surface area contributed by atoms with E-state index in [9.17, 15) is 14.3 Å². The lowest BCUT2D eigenvalue weighted by atomic mass is 10.1. The minimum atomic E-state index is -1.02. The molecule has 3 atom stereocenters. The first kappa shape index (κ1) is 12.5. The van der Waals surface area contributed by atoms with E-state index in [2.05, 4.69) is 0 Å². The van der Waals surface area contributed by atoms with Gasteiger partial charge >= 0.3 is 0 Å². The number of hydrogen-bond acceptors (Lipinski definition) is 4. The van der Waals surface area contributed by atoms with Gasteiger partial charge < -0.3 is 15.7 Å². The molecule has 0 aliphatic carbocycles. The molecule has 0 unspecified atom stereocenters. The standard InChI is InChI=1S/C11H15FN2O2S/c12-8-1-3-14(5-8)11(16)9(13)10(15)7-2-4-17-6-7/h2,4,6,8-10,15H,1,3,5,13H2/t8-,9-,10+/m0/s1. The minimum Gasteiger partial charge on any atom is -0.386 e. The largest absolute Gasteiger partial charge is 0.386 e. The number of likely N-dealkylation sites (tertiary alicyclic amines) is 1. The van der Waals surface area contributed by atoms with Gasteiger partial charge in [0.15, 0.2) is 0 Å². The maximum Gasteiger partial charge on any atom is 0.242 e. The van der Waals surface area contributed by atoms with Crippen LogP contribution in [0.3, 0.4) is 0 Å². The van der Waals surface area contributed by atoms with E-state index < -0.39 is 18.3 Å². The second kappa shape index (κ2) is 5.12. The van der Waals surface area contributed by atoms with Gasteiger partial charge in [0.2, 0.25) is 5.91 Å². The number of rotatable bonds is 3. The Kier molecular flexibility index (Phi) is 3.76. The first-order valence-electron chi connectivity index (χ1n) is 5.48. The molecule has 17 heavy (non-hydrogen) atoms. The summed E-state index contributed by atoms with van der Waals surface area (Å²) in [6.07, 6.45) is -1.63. The normalized spacial score (nSPS) is 23.7. The zero-order valence-electron chi connectivity index (χ0n) is 9.25. The number of thiophene rings is 1. The quantitative estimate of drug-likeness (QED) is 0.838. The Morgan fingerprint density at radius 1 is 1.71 bits per heavy atom. The number of hydrogen-bond donors (Lipinski definition) is 2. The van der Waals surface area contributed by atoms with E-state index >= 15 is 0 Å². The summed E-state index contributed by atoms with van der Waals surface area (Å²) >= 11 is 1.43. The fourth-order valence-electron chi connectivity index (χ4n) is 1.91. The topological polar surface area (TPSA) is 66.6 Å². The molecule has 1 saturated heterocycles. The summed E-state index contributed by atoms with van der Waals surface area (Å²) in [4.78, 5) is 13.3. The predicted octanol–water partition coefficient (Wildman–Crippen LogP) is 0.679. The van der Waals surface area contributed by atoms with Crippen molar-refractivity contribution < 1.29 is 14.3 Å². The van der Waals surface area contributed by atoms with Crippen molar-refractivity contribution in [1.29, 1.82) is 0 Å². The summed E-state index contributed by atoms with van der Waals surface area (Å²) in [5.74, 6) is -0.385. The molecule has 0 radical (unpaired) electrons. The van der Waals surface area contributed by atoms with Crippen LogP contribution in [0.1, 0.15) is 18.1 Å². The van der Waals surface area contributed by atoms with E-state index in [1.54, 1.807) is 11.4 Å². The molecular formula is C11H15FN2O2S. The summed E-state index contributed by atoms with van der Waals surface area (Å²) in [5.41, 5.74) is 6.35. The lowest BCUT2D eigenvalue weighted by Crippen LogP contribution is -2.46. The van der Waals surface area contributed by atoms with Crippen LogP contribution in [-0.4, -0.2) is 41.2 Å². The summed E-state index contributed by atoms with van der Waals surface area (Å²) in [6, 6.07) is 0.708. The van der Waals surface area contributed by atoms with Crippen LogP contribution in [0.4, 0.5) is 4.39 Å². The number of nitrogens with two attached hydrogens (primary N) is 1. The van der Waals surface area contributed by atoms with E-state index in [1.807, 2.05) is 5.38 Å². The number of halogens is 1. The summed E-state index contributed by atoms with van der Waals surface area (Å²) < 4.78 is 13.0. The molecule has 0 spiro atoms. The number of amides is 1. The van der Waals surface area contributed by atoms with Crippen LogP contribution in [0.25, 0.3) is 0 Å².